The summed E-state index contributed by atoms with van der Waals surface area (Å²) < 4.78 is 0. The summed E-state index contributed by atoms with van der Waals surface area (Å²) in [7, 11) is 0. The SMILES string of the molecule is CC.CC.Cc1cccc(C2NCCc3[nH]cnc32)c1. The highest BCUT2D eigenvalue weighted by Crippen LogP contribution is 2.26. The van der Waals surface area contributed by atoms with Crippen LogP contribution in [0.1, 0.15) is 56.3 Å². The minimum absolute atomic E-state index is 0.245. The van der Waals surface area contributed by atoms with Crippen molar-refractivity contribution >= 4 is 0 Å². The largest absolute Gasteiger partial charge is 0.348 e. The second-order valence-electron chi connectivity index (χ2n) is 4.32. The van der Waals surface area contributed by atoms with Crippen LogP contribution in [-0.4, -0.2) is 16.5 Å². The number of hydrogen-bond acceptors (Lipinski definition) is 2. The fourth-order valence-corrected chi connectivity index (χ4v) is 2.34. The molecule has 0 saturated carbocycles. The lowest BCUT2D eigenvalue weighted by Gasteiger charge is -2.23. The first kappa shape index (κ1) is 16.4. The van der Waals surface area contributed by atoms with E-state index in [1.807, 2.05) is 27.7 Å². The van der Waals surface area contributed by atoms with E-state index in [0.717, 1.165) is 18.7 Å². The Morgan fingerprint density at radius 1 is 1.15 bits per heavy atom. The highest BCUT2D eigenvalue weighted by Gasteiger charge is 2.23. The average Bonchev–Trinajstić information content (AvgIpc) is 3.00. The van der Waals surface area contributed by atoms with Gasteiger partial charge in [-0.15, -0.1) is 0 Å². The summed E-state index contributed by atoms with van der Waals surface area (Å²) in [5.74, 6) is 0. The maximum atomic E-state index is 4.43. The van der Waals surface area contributed by atoms with E-state index in [9.17, 15) is 0 Å². The number of benzene rings is 1. The predicted molar refractivity (Wildman–Crippen MR) is 86.0 cm³/mol. The van der Waals surface area contributed by atoms with E-state index in [-0.39, 0.29) is 6.04 Å². The van der Waals surface area contributed by atoms with Crippen LogP contribution in [0, 0.1) is 6.92 Å². The van der Waals surface area contributed by atoms with Crippen molar-refractivity contribution in [1.29, 1.82) is 0 Å². The van der Waals surface area contributed by atoms with Crippen LogP contribution in [-0.2, 0) is 6.42 Å². The Hall–Kier alpha value is -1.61. The summed E-state index contributed by atoms with van der Waals surface area (Å²) >= 11 is 0. The Balaban J connectivity index is 0.000000461. The number of aryl methyl sites for hydroxylation is 1. The molecule has 1 aromatic heterocycles. The monoisotopic (exact) mass is 273 g/mol. The lowest BCUT2D eigenvalue weighted by atomic mass is 9.97. The van der Waals surface area contributed by atoms with Crippen molar-refractivity contribution in [3.8, 4) is 0 Å². The Morgan fingerprint density at radius 2 is 1.90 bits per heavy atom. The topological polar surface area (TPSA) is 40.7 Å². The average molecular weight is 273 g/mol. The molecule has 1 atom stereocenters. The molecule has 0 aliphatic carbocycles. The molecule has 1 aromatic carbocycles. The van der Waals surface area contributed by atoms with Crippen molar-refractivity contribution in [3.63, 3.8) is 0 Å². The number of nitrogens with zero attached hydrogens (tertiary/aromatic N) is 1. The molecule has 1 aliphatic rings. The van der Waals surface area contributed by atoms with E-state index in [2.05, 4.69) is 46.5 Å². The molecule has 0 spiro atoms. The molecule has 1 aliphatic heterocycles. The van der Waals surface area contributed by atoms with Gasteiger partial charge in [-0.25, -0.2) is 4.98 Å². The minimum atomic E-state index is 0.245. The van der Waals surface area contributed by atoms with Crippen LogP contribution in [0.3, 0.4) is 0 Å². The first-order valence-corrected chi connectivity index (χ1v) is 7.66. The maximum absolute atomic E-state index is 4.43. The Bertz CT molecular complexity index is 502. The van der Waals surface area contributed by atoms with Gasteiger partial charge in [-0.2, -0.15) is 0 Å². The molecule has 3 nitrogen and oxygen atoms in total. The second kappa shape index (κ2) is 8.54. The fraction of sp³-hybridized carbons (Fsp3) is 0.471. The number of nitrogens with one attached hydrogen (secondary N) is 2. The van der Waals surface area contributed by atoms with Crippen LogP contribution >= 0.6 is 0 Å². The smallest absolute Gasteiger partial charge is 0.0926 e. The Morgan fingerprint density at radius 3 is 2.60 bits per heavy atom. The van der Waals surface area contributed by atoms with Gasteiger partial charge in [-0.3, -0.25) is 0 Å². The normalized spacial score (nSPS) is 16.1. The van der Waals surface area contributed by atoms with E-state index < -0.39 is 0 Å². The summed E-state index contributed by atoms with van der Waals surface area (Å²) in [6.07, 6.45) is 2.83. The molecule has 110 valence electrons. The van der Waals surface area contributed by atoms with Gasteiger partial charge in [0.1, 0.15) is 0 Å². The fourth-order valence-electron chi connectivity index (χ4n) is 2.34. The van der Waals surface area contributed by atoms with Crippen molar-refractivity contribution < 1.29 is 0 Å². The molecule has 3 heteroatoms. The van der Waals surface area contributed by atoms with Crippen LogP contribution in [0.4, 0.5) is 0 Å². The van der Waals surface area contributed by atoms with E-state index >= 15 is 0 Å². The van der Waals surface area contributed by atoms with E-state index in [0.29, 0.717) is 0 Å². The summed E-state index contributed by atoms with van der Waals surface area (Å²) in [5, 5.41) is 3.52. The predicted octanol–water partition coefficient (Wildman–Crippen LogP) is 4.01. The molecule has 3 rings (SSSR count). The van der Waals surface area contributed by atoms with Gasteiger partial charge in [0.15, 0.2) is 0 Å². The summed E-state index contributed by atoms with van der Waals surface area (Å²) in [6, 6.07) is 8.86. The molecule has 2 aromatic rings. The van der Waals surface area contributed by atoms with Crippen LogP contribution in [0.2, 0.25) is 0 Å². The van der Waals surface area contributed by atoms with Crippen LogP contribution in [0.5, 0.6) is 0 Å². The van der Waals surface area contributed by atoms with Gasteiger partial charge < -0.3 is 10.3 Å². The van der Waals surface area contributed by atoms with Gasteiger partial charge in [0.05, 0.1) is 18.1 Å². The highest BCUT2D eigenvalue weighted by atomic mass is 15.0. The number of aromatic amines is 1. The quantitative estimate of drug-likeness (QED) is 0.824. The summed E-state index contributed by atoms with van der Waals surface area (Å²) in [5.41, 5.74) is 5.01. The third-order valence-corrected chi connectivity index (χ3v) is 3.12. The van der Waals surface area contributed by atoms with E-state index in [1.165, 1.54) is 16.8 Å². The molecule has 2 N–H and O–H groups in total. The Labute approximate surface area is 122 Å². The maximum Gasteiger partial charge on any atom is 0.0926 e. The lowest BCUT2D eigenvalue weighted by Crippen LogP contribution is -2.30. The van der Waals surface area contributed by atoms with Crippen LogP contribution in [0.15, 0.2) is 30.6 Å². The number of imidazole rings is 1. The minimum Gasteiger partial charge on any atom is -0.348 e. The summed E-state index contributed by atoms with van der Waals surface area (Å²) in [6.45, 7) is 11.1. The number of aromatic nitrogens is 2. The molecule has 0 radical (unpaired) electrons. The molecule has 20 heavy (non-hydrogen) atoms. The van der Waals surface area contributed by atoms with Crippen molar-refractivity contribution in [2.75, 3.05) is 6.54 Å². The third kappa shape index (κ3) is 3.70. The molecule has 2 heterocycles. The molecule has 0 bridgehead atoms. The van der Waals surface area contributed by atoms with Gasteiger partial charge in [-0.05, 0) is 12.5 Å². The first-order valence-electron chi connectivity index (χ1n) is 7.66. The molecule has 0 saturated heterocycles. The van der Waals surface area contributed by atoms with Gasteiger partial charge in [0.2, 0.25) is 0 Å². The first-order chi connectivity index (χ1) is 9.84. The number of rotatable bonds is 1. The van der Waals surface area contributed by atoms with Gasteiger partial charge in [0.25, 0.3) is 0 Å². The molecule has 0 amide bonds. The van der Waals surface area contributed by atoms with Crippen molar-refractivity contribution in [3.05, 3.63) is 53.1 Å². The second-order valence-corrected chi connectivity index (χ2v) is 4.32. The molecule has 0 fully saturated rings. The molecule has 1 unspecified atom stereocenters. The number of H-pyrrole nitrogens is 1. The van der Waals surface area contributed by atoms with Crippen LogP contribution < -0.4 is 5.32 Å². The number of fused-ring (bicyclic) bond motifs is 1. The van der Waals surface area contributed by atoms with Crippen molar-refractivity contribution in [2.24, 2.45) is 0 Å². The van der Waals surface area contributed by atoms with Crippen LogP contribution in [0.25, 0.3) is 0 Å². The van der Waals surface area contributed by atoms with Gasteiger partial charge in [0, 0.05) is 18.7 Å². The Kier molecular flexibility index (Phi) is 7.02. The summed E-state index contributed by atoms with van der Waals surface area (Å²) in [4.78, 5) is 7.65. The standard InChI is InChI=1S/C13H15N3.2C2H6/c1-9-3-2-4-10(7-9)12-13-11(5-6-14-12)15-8-16-13;2*1-2/h2-4,7-8,12,14H,5-6H2,1H3,(H,15,16);2*1-2H3. The number of hydrogen-bond donors (Lipinski definition) is 2. The van der Waals surface area contributed by atoms with E-state index in [4.69, 9.17) is 0 Å². The van der Waals surface area contributed by atoms with Gasteiger partial charge >= 0.3 is 0 Å². The zero-order valence-corrected chi connectivity index (χ0v) is 13.3. The third-order valence-electron chi connectivity index (χ3n) is 3.12. The lowest BCUT2D eigenvalue weighted by molar-refractivity contribution is 0.553. The zero-order valence-electron chi connectivity index (χ0n) is 13.3. The van der Waals surface area contributed by atoms with E-state index in [1.54, 1.807) is 6.33 Å². The zero-order chi connectivity index (χ0) is 15.0. The molecular weight excluding hydrogens is 246 g/mol. The van der Waals surface area contributed by atoms with Crippen molar-refractivity contribution in [1.82, 2.24) is 15.3 Å². The molecular formula is C17H27N3. The highest BCUT2D eigenvalue weighted by molar-refractivity contribution is 5.34. The van der Waals surface area contributed by atoms with Gasteiger partial charge in [-0.1, -0.05) is 57.5 Å². The van der Waals surface area contributed by atoms with Crippen molar-refractivity contribution in [2.45, 2.75) is 47.1 Å².